The first-order valence-electron chi connectivity index (χ1n) is 8.26. The Hall–Kier alpha value is -2.41. The molecule has 0 spiro atoms. The number of nitrogens with one attached hydrogen (secondary N) is 2. The van der Waals surface area contributed by atoms with Crippen LogP contribution in [0.4, 0.5) is 10.1 Å². The van der Waals surface area contributed by atoms with Gasteiger partial charge in [0.05, 0.1) is 10.9 Å². The van der Waals surface area contributed by atoms with E-state index in [-0.39, 0.29) is 23.3 Å². The third-order valence-corrected chi connectivity index (χ3v) is 5.68. The van der Waals surface area contributed by atoms with Crippen molar-refractivity contribution in [3.63, 3.8) is 0 Å². The Morgan fingerprint density at radius 1 is 0.889 bits per heavy atom. The first-order valence-corrected chi connectivity index (χ1v) is 10.1. The van der Waals surface area contributed by atoms with Gasteiger partial charge in [0, 0.05) is 17.3 Å². The molecule has 140 valence electrons. The van der Waals surface area contributed by atoms with Gasteiger partial charge in [0.25, 0.3) is 0 Å². The molecule has 27 heavy (non-hydrogen) atoms. The van der Waals surface area contributed by atoms with Crippen LogP contribution in [0.15, 0.2) is 83.8 Å². The van der Waals surface area contributed by atoms with Crippen LogP contribution in [-0.2, 0) is 10.0 Å². The predicted octanol–water partition coefficient (Wildman–Crippen LogP) is 4.61. The Balaban J connectivity index is 1.79. The molecule has 0 radical (unpaired) electrons. The Morgan fingerprint density at radius 2 is 1.52 bits per heavy atom. The Labute approximate surface area is 163 Å². The van der Waals surface area contributed by atoms with Crippen molar-refractivity contribution in [2.75, 3.05) is 11.9 Å². The van der Waals surface area contributed by atoms with Gasteiger partial charge >= 0.3 is 0 Å². The third-order valence-electron chi connectivity index (χ3n) is 3.99. The van der Waals surface area contributed by atoms with Crippen LogP contribution in [0.5, 0.6) is 0 Å². The van der Waals surface area contributed by atoms with Crippen LogP contribution in [-0.4, -0.2) is 15.0 Å². The highest BCUT2D eigenvalue weighted by Crippen LogP contribution is 2.21. The quantitative estimate of drug-likeness (QED) is 0.604. The molecule has 3 rings (SSSR count). The number of benzene rings is 3. The standard InChI is InChI=1S/C20H18ClFN2O2S/c21-16-6-12-19(13-7-16)27(25,26)23-14-20(15-4-2-1-3-5-15)24-18-10-8-17(22)9-11-18/h1-13,20,23-24H,14H2. The lowest BCUT2D eigenvalue weighted by Gasteiger charge is -2.21. The van der Waals surface area contributed by atoms with E-state index < -0.39 is 10.0 Å². The largest absolute Gasteiger partial charge is 0.377 e. The zero-order valence-electron chi connectivity index (χ0n) is 14.3. The normalized spacial score (nSPS) is 12.5. The van der Waals surface area contributed by atoms with Crippen molar-refractivity contribution in [1.82, 2.24) is 4.72 Å². The molecule has 0 amide bonds. The summed E-state index contributed by atoms with van der Waals surface area (Å²) in [5, 5.41) is 3.71. The van der Waals surface area contributed by atoms with Crippen LogP contribution < -0.4 is 10.0 Å². The van der Waals surface area contributed by atoms with Crippen molar-refractivity contribution < 1.29 is 12.8 Å². The molecule has 0 aliphatic carbocycles. The molecular formula is C20H18ClFN2O2S. The van der Waals surface area contributed by atoms with Crippen molar-refractivity contribution in [2.45, 2.75) is 10.9 Å². The molecule has 1 unspecified atom stereocenters. The van der Waals surface area contributed by atoms with E-state index in [0.717, 1.165) is 5.56 Å². The van der Waals surface area contributed by atoms with E-state index in [2.05, 4.69) is 10.0 Å². The topological polar surface area (TPSA) is 58.2 Å². The molecular weight excluding hydrogens is 387 g/mol. The molecule has 0 fully saturated rings. The highest BCUT2D eigenvalue weighted by Gasteiger charge is 2.18. The minimum absolute atomic E-state index is 0.117. The van der Waals surface area contributed by atoms with Gasteiger partial charge in [-0.05, 0) is 54.1 Å². The van der Waals surface area contributed by atoms with Crippen LogP contribution in [0.1, 0.15) is 11.6 Å². The summed E-state index contributed by atoms with van der Waals surface area (Å²) in [7, 11) is -3.69. The van der Waals surface area contributed by atoms with Crippen molar-refractivity contribution in [2.24, 2.45) is 0 Å². The summed E-state index contributed by atoms with van der Waals surface area (Å²) < 4.78 is 40.8. The van der Waals surface area contributed by atoms with Crippen LogP contribution >= 0.6 is 11.6 Å². The first-order chi connectivity index (χ1) is 12.9. The lowest BCUT2D eigenvalue weighted by Crippen LogP contribution is -2.31. The van der Waals surface area contributed by atoms with Crippen LogP contribution in [0, 0.1) is 5.82 Å². The Bertz CT molecular complexity index is 979. The SMILES string of the molecule is O=S(=O)(NCC(Nc1ccc(F)cc1)c1ccccc1)c1ccc(Cl)cc1. The van der Waals surface area contributed by atoms with Gasteiger partial charge in [-0.2, -0.15) is 0 Å². The van der Waals surface area contributed by atoms with Crippen LogP contribution in [0.2, 0.25) is 5.02 Å². The fraction of sp³-hybridized carbons (Fsp3) is 0.100. The van der Waals surface area contributed by atoms with E-state index >= 15 is 0 Å². The minimum atomic E-state index is -3.69. The number of sulfonamides is 1. The van der Waals surface area contributed by atoms with Gasteiger partial charge in [-0.25, -0.2) is 17.5 Å². The summed E-state index contributed by atoms with van der Waals surface area (Å²) in [6, 6.07) is 21.0. The number of rotatable bonds is 7. The summed E-state index contributed by atoms with van der Waals surface area (Å²) in [6.45, 7) is 0.117. The predicted molar refractivity (Wildman–Crippen MR) is 106 cm³/mol. The van der Waals surface area contributed by atoms with E-state index in [4.69, 9.17) is 11.6 Å². The molecule has 7 heteroatoms. The second-order valence-corrected chi connectivity index (χ2v) is 8.12. The van der Waals surface area contributed by atoms with Crippen molar-refractivity contribution in [3.8, 4) is 0 Å². The fourth-order valence-electron chi connectivity index (χ4n) is 2.57. The van der Waals surface area contributed by atoms with Crippen molar-refractivity contribution in [3.05, 3.63) is 95.3 Å². The monoisotopic (exact) mass is 404 g/mol. The lowest BCUT2D eigenvalue weighted by atomic mass is 10.1. The summed E-state index contributed by atoms with van der Waals surface area (Å²) in [5.74, 6) is -0.333. The van der Waals surface area contributed by atoms with Crippen molar-refractivity contribution >= 4 is 27.3 Å². The number of halogens is 2. The summed E-state index contributed by atoms with van der Waals surface area (Å²) in [4.78, 5) is 0.139. The molecule has 0 saturated heterocycles. The average molecular weight is 405 g/mol. The van der Waals surface area contributed by atoms with E-state index in [0.29, 0.717) is 10.7 Å². The molecule has 4 nitrogen and oxygen atoms in total. The van der Waals surface area contributed by atoms with E-state index in [1.807, 2.05) is 30.3 Å². The summed E-state index contributed by atoms with van der Waals surface area (Å²) >= 11 is 5.82. The highest BCUT2D eigenvalue weighted by molar-refractivity contribution is 7.89. The molecule has 0 heterocycles. The second kappa shape index (κ2) is 8.52. The Kier molecular flexibility index (Phi) is 6.11. The first kappa shape index (κ1) is 19.4. The molecule has 0 saturated carbocycles. The smallest absolute Gasteiger partial charge is 0.240 e. The molecule has 0 aliphatic rings. The molecule has 0 bridgehead atoms. The van der Waals surface area contributed by atoms with Gasteiger partial charge in [-0.3, -0.25) is 0 Å². The van der Waals surface area contributed by atoms with E-state index in [1.165, 1.54) is 36.4 Å². The van der Waals surface area contributed by atoms with E-state index in [9.17, 15) is 12.8 Å². The number of anilines is 1. The lowest BCUT2D eigenvalue weighted by molar-refractivity contribution is 0.576. The van der Waals surface area contributed by atoms with Gasteiger partial charge in [-0.15, -0.1) is 0 Å². The highest BCUT2D eigenvalue weighted by atomic mass is 35.5. The van der Waals surface area contributed by atoms with Gasteiger partial charge in [0.15, 0.2) is 0 Å². The van der Waals surface area contributed by atoms with Gasteiger partial charge in [0.1, 0.15) is 5.82 Å². The fourth-order valence-corrected chi connectivity index (χ4v) is 3.75. The summed E-state index contributed by atoms with van der Waals surface area (Å²) in [6.07, 6.45) is 0. The third kappa shape index (κ3) is 5.29. The molecule has 3 aromatic rings. The van der Waals surface area contributed by atoms with Gasteiger partial charge in [0.2, 0.25) is 10.0 Å². The zero-order valence-corrected chi connectivity index (χ0v) is 15.8. The van der Waals surface area contributed by atoms with Crippen LogP contribution in [0.25, 0.3) is 0 Å². The molecule has 0 aromatic heterocycles. The maximum atomic E-state index is 13.1. The molecule has 0 aliphatic heterocycles. The number of hydrogen-bond donors (Lipinski definition) is 2. The van der Waals surface area contributed by atoms with Gasteiger partial charge in [-0.1, -0.05) is 41.9 Å². The maximum absolute atomic E-state index is 13.1. The zero-order chi connectivity index (χ0) is 19.3. The van der Waals surface area contributed by atoms with Gasteiger partial charge < -0.3 is 5.32 Å². The molecule has 2 N–H and O–H groups in total. The minimum Gasteiger partial charge on any atom is -0.377 e. The maximum Gasteiger partial charge on any atom is 0.240 e. The average Bonchev–Trinajstić information content (AvgIpc) is 2.68. The van der Waals surface area contributed by atoms with Crippen molar-refractivity contribution in [1.29, 1.82) is 0 Å². The Morgan fingerprint density at radius 3 is 2.15 bits per heavy atom. The van der Waals surface area contributed by atoms with E-state index in [1.54, 1.807) is 12.1 Å². The molecule has 1 atom stereocenters. The van der Waals surface area contributed by atoms with Crippen LogP contribution in [0.3, 0.4) is 0 Å². The number of hydrogen-bond acceptors (Lipinski definition) is 3. The molecule has 3 aromatic carbocycles. The summed E-state index contributed by atoms with van der Waals surface area (Å²) in [5.41, 5.74) is 1.59. The second-order valence-electron chi connectivity index (χ2n) is 5.92.